The second-order valence-corrected chi connectivity index (χ2v) is 8.47. The molecule has 0 bridgehead atoms. The van der Waals surface area contributed by atoms with Crippen molar-refractivity contribution in [2.75, 3.05) is 19.0 Å². The predicted octanol–water partition coefficient (Wildman–Crippen LogP) is 4.79. The van der Waals surface area contributed by atoms with Crippen molar-refractivity contribution in [3.8, 4) is 5.88 Å². The lowest BCUT2D eigenvalue weighted by atomic mass is 10.1. The van der Waals surface area contributed by atoms with Gasteiger partial charge < -0.3 is 15.4 Å². The molecule has 7 nitrogen and oxygen atoms in total. The van der Waals surface area contributed by atoms with Crippen LogP contribution in [0.4, 0.5) is 5.95 Å². The third-order valence-electron chi connectivity index (χ3n) is 4.88. The van der Waals surface area contributed by atoms with Crippen LogP contribution in [0.25, 0.3) is 17.0 Å². The third kappa shape index (κ3) is 4.71. The highest BCUT2D eigenvalue weighted by atomic mass is 35.5. The lowest BCUT2D eigenvalue weighted by Gasteiger charge is -2.10. The number of rotatable bonds is 6. The monoisotopic (exact) mass is 467 g/mol. The van der Waals surface area contributed by atoms with Crippen LogP contribution in [0.2, 0.25) is 5.02 Å². The van der Waals surface area contributed by atoms with Gasteiger partial charge in [-0.15, -0.1) is 0 Å². The fourth-order valence-electron chi connectivity index (χ4n) is 3.26. The number of aryl methyl sites for hydroxylation is 1. The first kappa shape index (κ1) is 22.1. The first-order chi connectivity index (χ1) is 15.5. The van der Waals surface area contributed by atoms with Crippen molar-refractivity contribution in [3.05, 3.63) is 63.0 Å². The lowest BCUT2D eigenvalue weighted by Crippen LogP contribution is -2.19. The van der Waals surface area contributed by atoms with Gasteiger partial charge in [-0.1, -0.05) is 29.8 Å². The van der Waals surface area contributed by atoms with E-state index in [0.717, 1.165) is 27.6 Å². The zero-order valence-corrected chi connectivity index (χ0v) is 19.5. The summed E-state index contributed by atoms with van der Waals surface area (Å²) < 4.78 is 5.69. The summed E-state index contributed by atoms with van der Waals surface area (Å²) in [5, 5.41) is 8.18. The average Bonchev–Trinajstić information content (AvgIpc) is 3.12. The molecule has 0 atom stereocenters. The fourth-order valence-corrected chi connectivity index (χ4v) is 4.35. The van der Waals surface area contributed by atoms with Gasteiger partial charge in [0.15, 0.2) is 5.17 Å². The molecule has 1 aliphatic heterocycles. The van der Waals surface area contributed by atoms with Crippen LogP contribution in [0.3, 0.4) is 0 Å². The molecule has 0 aliphatic carbocycles. The van der Waals surface area contributed by atoms with Gasteiger partial charge in [-0.2, -0.15) is 9.98 Å². The number of nitrogens with zero attached hydrogens (tertiary/aromatic N) is 3. The summed E-state index contributed by atoms with van der Waals surface area (Å²) in [6.45, 7) is 4.89. The molecule has 1 amide bonds. The highest BCUT2D eigenvalue weighted by molar-refractivity contribution is 8.18. The summed E-state index contributed by atoms with van der Waals surface area (Å²) in [5.74, 6) is 0.716. The maximum atomic E-state index is 12.5. The molecule has 0 saturated heterocycles. The number of aliphatic imine (C=N–C) groups is 1. The van der Waals surface area contributed by atoms with Crippen LogP contribution < -0.4 is 15.4 Å². The molecule has 164 valence electrons. The molecule has 4 rings (SSSR count). The van der Waals surface area contributed by atoms with Crippen molar-refractivity contribution in [3.63, 3.8) is 0 Å². The Morgan fingerprint density at radius 3 is 2.81 bits per heavy atom. The van der Waals surface area contributed by atoms with Gasteiger partial charge in [0.1, 0.15) is 0 Å². The maximum absolute atomic E-state index is 12.5. The summed E-state index contributed by atoms with van der Waals surface area (Å²) >= 11 is 7.60. The molecule has 1 aromatic heterocycles. The number of fused-ring (bicyclic) bond motifs is 1. The number of ether oxygens (including phenoxy) is 1. The highest BCUT2D eigenvalue weighted by Gasteiger charge is 2.22. The van der Waals surface area contributed by atoms with E-state index in [0.29, 0.717) is 40.1 Å². The van der Waals surface area contributed by atoms with Crippen LogP contribution in [-0.4, -0.2) is 34.7 Å². The minimum Gasteiger partial charge on any atom is -0.477 e. The molecule has 1 aliphatic rings. The Kier molecular flexibility index (Phi) is 6.62. The first-order valence-electron chi connectivity index (χ1n) is 10.1. The molecular weight excluding hydrogens is 446 g/mol. The summed E-state index contributed by atoms with van der Waals surface area (Å²) in [7, 11) is 1.76. The van der Waals surface area contributed by atoms with Gasteiger partial charge in [0.2, 0.25) is 11.8 Å². The molecule has 9 heteroatoms. The Labute approximate surface area is 195 Å². The summed E-state index contributed by atoms with van der Waals surface area (Å²) in [5.41, 5.74) is 3.67. The van der Waals surface area contributed by atoms with Crippen LogP contribution in [0, 0.1) is 6.92 Å². The zero-order valence-electron chi connectivity index (χ0n) is 17.9. The van der Waals surface area contributed by atoms with Gasteiger partial charge in [-0.3, -0.25) is 4.79 Å². The number of carbonyl (C=O) groups is 1. The molecule has 0 radical (unpaired) electrons. The van der Waals surface area contributed by atoms with E-state index in [4.69, 9.17) is 16.3 Å². The maximum Gasteiger partial charge on any atom is 0.286 e. The fraction of sp³-hybridized carbons (Fsp3) is 0.217. The number of thioether (sulfide) groups is 1. The Bertz CT molecular complexity index is 1240. The smallest absolute Gasteiger partial charge is 0.286 e. The van der Waals surface area contributed by atoms with Crippen LogP contribution in [0.5, 0.6) is 5.88 Å². The Hall–Kier alpha value is -3.10. The van der Waals surface area contributed by atoms with Crippen molar-refractivity contribution in [2.45, 2.75) is 20.4 Å². The number of benzene rings is 2. The molecule has 2 heterocycles. The van der Waals surface area contributed by atoms with E-state index in [1.54, 1.807) is 7.05 Å². The quantitative estimate of drug-likeness (QED) is 0.503. The second kappa shape index (κ2) is 9.58. The Balaban J connectivity index is 1.54. The van der Waals surface area contributed by atoms with E-state index in [-0.39, 0.29) is 5.91 Å². The number of aromatic nitrogens is 2. The van der Waals surface area contributed by atoms with Crippen molar-refractivity contribution in [2.24, 2.45) is 4.99 Å². The van der Waals surface area contributed by atoms with Crippen molar-refractivity contribution < 1.29 is 9.53 Å². The van der Waals surface area contributed by atoms with Gasteiger partial charge in [-0.05, 0) is 66.6 Å². The lowest BCUT2D eigenvalue weighted by molar-refractivity contribution is -0.113. The van der Waals surface area contributed by atoms with Gasteiger partial charge in [0, 0.05) is 18.6 Å². The number of anilines is 1. The van der Waals surface area contributed by atoms with E-state index in [9.17, 15) is 4.79 Å². The van der Waals surface area contributed by atoms with Gasteiger partial charge in [0.05, 0.1) is 22.4 Å². The van der Waals surface area contributed by atoms with Gasteiger partial charge >= 0.3 is 0 Å². The molecule has 0 unspecified atom stereocenters. The molecule has 0 saturated carbocycles. The minimum atomic E-state index is -0.278. The molecule has 0 fully saturated rings. The van der Waals surface area contributed by atoms with Crippen LogP contribution in [0.15, 0.2) is 46.3 Å². The van der Waals surface area contributed by atoms with Crippen LogP contribution >= 0.6 is 23.4 Å². The van der Waals surface area contributed by atoms with E-state index < -0.39 is 0 Å². The Morgan fingerprint density at radius 2 is 2.06 bits per heavy atom. The van der Waals surface area contributed by atoms with Gasteiger partial charge in [0.25, 0.3) is 5.91 Å². The number of amidine groups is 1. The second-order valence-electron chi connectivity index (χ2n) is 7.03. The molecule has 2 aromatic carbocycles. The number of hydrogen-bond donors (Lipinski definition) is 2. The number of halogens is 1. The minimum absolute atomic E-state index is 0.278. The Morgan fingerprint density at radius 1 is 1.22 bits per heavy atom. The van der Waals surface area contributed by atoms with Crippen molar-refractivity contribution >= 4 is 57.4 Å². The van der Waals surface area contributed by atoms with E-state index in [1.807, 2.05) is 56.3 Å². The summed E-state index contributed by atoms with van der Waals surface area (Å²) in [6, 6.07) is 11.5. The summed E-state index contributed by atoms with van der Waals surface area (Å²) in [6.07, 6.45) is 1.81. The topological polar surface area (TPSA) is 88.5 Å². The third-order valence-corrected chi connectivity index (χ3v) is 6.17. The number of hydrogen-bond acceptors (Lipinski definition) is 7. The number of amides is 1. The van der Waals surface area contributed by atoms with E-state index in [1.165, 1.54) is 11.8 Å². The van der Waals surface area contributed by atoms with Crippen LogP contribution in [0.1, 0.15) is 23.6 Å². The van der Waals surface area contributed by atoms with Crippen LogP contribution in [-0.2, 0) is 11.3 Å². The van der Waals surface area contributed by atoms with Crippen molar-refractivity contribution in [1.29, 1.82) is 0 Å². The number of nitrogens with one attached hydrogen (secondary N) is 2. The molecular formula is C23H22ClN5O2S. The standard InChI is InChI=1S/C23H22ClN5O2S/c1-4-31-21-15-10-14(8-9-18(15)27-22(25-3)29-21)11-19-20(30)28-23(32-19)26-12-16-13(2)6-5-7-17(16)24/h5-11H,4,12H2,1-3H3,(H,25,27,29)(H,26,28,30)/b19-11+. The first-order valence-corrected chi connectivity index (χ1v) is 11.3. The van der Waals surface area contributed by atoms with Gasteiger partial charge in [-0.25, -0.2) is 4.98 Å². The highest BCUT2D eigenvalue weighted by Crippen LogP contribution is 2.31. The van der Waals surface area contributed by atoms with E-state index >= 15 is 0 Å². The average molecular weight is 468 g/mol. The molecule has 2 N–H and O–H groups in total. The molecule has 0 spiro atoms. The zero-order chi connectivity index (χ0) is 22.7. The SMILES string of the molecule is CCOc1nc(NC)nc2ccc(/C=C3/SC(NCc4c(C)cccc4Cl)=NC3=O)cc12. The van der Waals surface area contributed by atoms with Crippen molar-refractivity contribution in [1.82, 2.24) is 15.3 Å². The largest absolute Gasteiger partial charge is 0.477 e. The normalized spacial score (nSPS) is 14.7. The molecule has 32 heavy (non-hydrogen) atoms. The predicted molar refractivity (Wildman–Crippen MR) is 131 cm³/mol. The number of carbonyl (C=O) groups excluding carboxylic acids is 1. The molecule has 3 aromatic rings. The van der Waals surface area contributed by atoms with E-state index in [2.05, 4.69) is 25.6 Å². The summed E-state index contributed by atoms with van der Waals surface area (Å²) in [4.78, 5) is 26.0.